The van der Waals surface area contributed by atoms with Gasteiger partial charge >= 0.3 is 0 Å². The fraction of sp³-hybridized carbons (Fsp3) is 0.583. The van der Waals surface area contributed by atoms with Crippen LogP contribution in [0.25, 0.3) is 0 Å². The van der Waals surface area contributed by atoms with Gasteiger partial charge in [0.2, 0.25) is 5.91 Å². The third kappa shape index (κ3) is 6.11. The summed E-state index contributed by atoms with van der Waals surface area (Å²) >= 11 is 1.63. The van der Waals surface area contributed by atoms with Crippen molar-refractivity contribution in [1.82, 2.24) is 5.32 Å². The maximum absolute atomic E-state index is 11.0. The first-order valence-electron chi connectivity index (χ1n) is 5.85. The molecule has 2 N–H and O–H groups in total. The van der Waals surface area contributed by atoms with Crippen molar-refractivity contribution in [2.45, 2.75) is 13.5 Å². The highest BCUT2D eigenvalue weighted by Gasteiger charge is 2.04. The minimum absolute atomic E-state index is 0.0439. The summed E-state index contributed by atoms with van der Waals surface area (Å²) in [6, 6.07) is 1.91. The topological polar surface area (TPSA) is 59.6 Å². The van der Waals surface area contributed by atoms with Gasteiger partial charge in [-0.2, -0.15) is 0 Å². The van der Waals surface area contributed by atoms with Gasteiger partial charge in [-0.3, -0.25) is 4.79 Å². The molecule has 0 spiro atoms. The molecule has 0 fully saturated rings. The van der Waals surface area contributed by atoms with Crippen molar-refractivity contribution >= 4 is 22.9 Å². The molecule has 6 heteroatoms. The molecule has 0 saturated carbocycles. The molecule has 1 heterocycles. The quantitative estimate of drug-likeness (QED) is 0.668. The van der Waals surface area contributed by atoms with E-state index in [1.165, 1.54) is 6.92 Å². The first-order chi connectivity index (χ1) is 8.74. The molecule has 0 aliphatic heterocycles. The molecule has 0 bridgehead atoms. The Morgan fingerprint density at radius 2 is 2.22 bits per heavy atom. The van der Waals surface area contributed by atoms with Crippen LogP contribution in [0.4, 0.5) is 5.69 Å². The summed E-state index contributed by atoms with van der Waals surface area (Å²) in [7, 11) is 1.65. The summed E-state index contributed by atoms with van der Waals surface area (Å²) in [5.41, 5.74) is 0.889. The molecule has 0 atom stereocenters. The number of rotatable bonds is 9. The smallest absolute Gasteiger partial charge is 0.221 e. The van der Waals surface area contributed by atoms with E-state index < -0.39 is 0 Å². The zero-order chi connectivity index (χ0) is 13.2. The lowest BCUT2D eigenvalue weighted by Gasteiger charge is -2.07. The molecule has 0 saturated heterocycles. The van der Waals surface area contributed by atoms with Crippen molar-refractivity contribution in [3.8, 4) is 0 Å². The number of hydrogen-bond donors (Lipinski definition) is 2. The van der Waals surface area contributed by atoms with Crippen LogP contribution in [-0.2, 0) is 20.8 Å². The zero-order valence-electron chi connectivity index (χ0n) is 10.8. The molecule has 0 aliphatic carbocycles. The Kier molecular flexibility index (Phi) is 7.59. The number of amides is 1. The molecule has 1 amide bonds. The summed E-state index contributed by atoms with van der Waals surface area (Å²) in [4.78, 5) is 12.1. The second-order valence-corrected chi connectivity index (χ2v) is 4.72. The highest BCUT2D eigenvalue weighted by Crippen LogP contribution is 2.21. The average Bonchev–Trinajstić information content (AvgIpc) is 2.75. The Hall–Kier alpha value is -0.950. The van der Waals surface area contributed by atoms with Gasteiger partial charge in [-0.25, -0.2) is 0 Å². The Bertz CT molecular complexity index is 355. The van der Waals surface area contributed by atoms with Crippen LogP contribution in [0.15, 0.2) is 11.4 Å². The second-order valence-electron chi connectivity index (χ2n) is 3.72. The van der Waals surface area contributed by atoms with Crippen molar-refractivity contribution in [2.75, 3.05) is 38.8 Å². The molecule has 5 nitrogen and oxygen atoms in total. The SMILES string of the molecule is COCCOCCNCc1sccc1NC(C)=O. The van der Waals surface area contributed by atoms with Gasteiger partial charge in [-0.05, 0) is 11.4 Å². The number of methoxy groups -OCH3 is 1. The minimum atomic E-state index is -0.0439. The molecule has 0 radical (unpaired) electrons. The summed E-state index contributed by atoms with van der Waals surface area (Å²) in [6.07, 6.45) is 0. The summed E-state index contributed by atoms with van der Waals surface area (Å²) < 4.78 is 10.2. The number of hydrogen-bond acceptors (Lipinski definition) is 5. The van der Waals surface area contributed by atoms with Gasteiger partial charge < -0.3 is 20.1 Å². The highest BCUT2D eigenvalue weighted by molar-refractivity contribution is 7.10. The van der Waals surface area contributed by atoms with E-state index in [-0.39, 0.29) is 5.91 Å². The van der Waals surface area contributed by atoms with E-state index >= 15 is 0 Å². The summed E-state index contributed by atoms with van der Waals surface area (Å²) in [6.45, 7) is 4.93. The third-order valence-corrected chi connectivity index (χ3v) is 3.12. The lowest BCUT2D eigenvalue weighted by atomic mass is 10.3. The van der Waals surface area contributed by atoms with Gasteiger partial charge in [-0.1, -0.05) is 0 Å². The van der Waals surface area contributed by atoms with Crippen molar-refractivity contribution in [3.05, 3.63) is 16.3 Å². The third-order valence-electron chi connectivity index (χ3n) is 2.20. The maximum atomic E-state index is 11.0. The number of thiophene rings is 1. The van der Waals surface area contributed by atoms with Crippen LogP contribution < -0.4 is 10.6 Å². The van der Waals surface area contributed by atoms with E-state index in [1.54, 1.807) is 18.4 Å². The van der Waals surface area contributed by atoms with E-state index in [4.69, 9.17) is 9.47 Å². The Morgan fingerprint density at radius 1 is 1.39 bits per heavy atom. The van der Waals surface area contributed by atoms with Crippen LogP contribution >= 0.6 is 11.3 Å². The molecule has 1 aromatic rings. The number of nitrogens with one attached hydrogen (secondary N) is 2. The first-order valence-corrected chi connectivity index (χ1v) is 6.73. The second kappa shape index (κ2) is 9.04. The van der Waals surface area contributed by atoms with Gasteiger partial charge in [-0.15, -0.1) is 11.3 Å². The van der Waals surface area contributed by atoms with Gasteiger partial charge in [0, 0.05) is 32.0 Å². The van der Waals surface area contributed by atoms with E-state index in [0.29, 0.717) is 19.8 Å². The van der Waals surface area contributed by atoms with E-state index in [0.717, 1.165) is 23.7 Å². The lowest BCUT2D eigenvalue weighted by Crippen LogP contribution is -2.20. The van der Waals surface area contributed by atoms with Crippen LogP contribution in [0.3, 0.4) is 0 Å². The molecular weight excluding hydrogens is 252 g/mol. The summed E-state index contributed by atoms with van der Waals surface area (Å²) in [5.74, 6) is -0.0439. The molecule has 0 aliphatic rings. The molecule has 0 unspecified atom stereocenters. The first kappa shape index (κ1) is 15.1. The fourth-order valence-corrected chi connectivity index (χ4v) is 2.17. The number of carbonyl (C=O) groups excluding carboxylic acids is 1. The van der Waals surface area contributed by atoms with Crippen LogP contribution in [-0.4, -0.2) is 39.4 Å². The largest absolute Gasteiger partial charge is 0.382 e. The monoisotopic (exact) mass is 272 g/mol. The molecule has 18 heavy (non-hydrogen) atoms. The normalized spacial score (nSPS) is 10.6. The highest BCUT2D eigenvalue weighted by atomic mass is 32.1. The molecular formula is C12H20N2O3S. The van der Waals surface area contributed by atoms with E-state index in [1.807, 2.05) is 11.4 Å². The van der Waals surface area contributed by atoms with Crippen LogP contribution in [0, 0.1) is 0 Å². The van der Waals surface area contributed by atoms with Gasteiger partial charge in [0.15, 0.2) is 0 Å². The Labute approximate surface area is 111 Å². The van der Waals surface area contributed by atoms with Gasteiger partial charge in [0.1, 0.15) is 0 Å². The van der Waals surface area contributed by atoms with Crippen molar-refractivity contribution in [2.24, 2.45) is 0 Å². The minimum Gasteiger partial charge on any atom is -0.382 e. The van der Waals surface area contributed by atoms with Crippen LogP contribution in [0.5, 0.6) is 0 Å². The Morgan fingerprint density at radius 3 is 2.94 bits per heavy atom. The Balaban J connectivity index is 2.15. The number of anilines is 1. The van der Waals surface area contributed by atoms with E-state index in [2.05, 4.69) is 10.6 Å². The standard InChI is InChI=1S/C12H20N2O3S/c1-10(15)14-11-3-8-18-12(11)9-13-4-5-17-7-6-16-2/h3,8,13H,4-7,9H2,1-2H3,(H,14,15). The van der Waals surface area contributed by atoms with Crippen molar-refractivity contribution < 1.29 is 14.3 Å². The number of carbonyl (C=O) groups is 1. The molecule has 102 valence electrons. The van der Waals surface area contributed by atoms with Crippen molar-refractivity contribution in [1.29, 1.82) is 0 Å². The number of ether oxygens (including phenoxy) is 2. The summed E-state index contributed by atoms with van der Waals surface area (Å²) in [5, 5.41) is 8.05. The lowest BCUT2D eigenvalue weighted by molar-refractivity contribution is -0.114. The maximum Gasteiger partial charge on any atom is 0.221 e. The van der Waals surface area contributed by atoms with Crippen molar-refractivity contribution in [3.63, 3.8) is 0 Å². The van der Waals surface area contributed by atoms with Gasteiger partial charge in [0.05, 0.1) is 25.5 Å². The fourth-order valence-electron chi connectivity index (χ4n) is 1.37. The van der Waals surface area contributed by atoms with E-state index in [9.17, 15) is 4.79 Å². The van der Waals surface area contributed by atoms with Crippen LogP contribution in [0.2, 0.25) is 0 Å². The zero-order valence-corrected chi connectivity index (χ0v) is 11.6. The molecule has 0 aromatic carbocycles. The predicted molar refractivity (Wildman–Crippen MR) is 73.0 cm³/mol. The van der Waals surface area contributed by atoms with Gasteiger partial charge in [0.25, 0.3) is 0 Å². The predicted octanol–water partition coefficient (Wildman–Crippen LogP) is 1.46. The van der Waals surface area contributed by atoms with Crippen LogP contribution in [0.1, 0.15) is 11.8 Å². The molecule has 1 rings (SSSR count). The average molecular weight is 272 g/mol. The molecule has 1 aromatic heterocycles.